The lowest BCUT2D eigenvalue weighted by Gasteiger charge is -2.06. The Morgan fingerprint density at radius 3 is 2.50 bits per heavy atom. The zero-order valence-corrected chi connectivity index (χ0v) is 14.2. The van der Waals surface area contributed by atoms with E-state index in [4.69, 9.17) is 5.14 Å². The highest BCUT2D eigenvalue weighted by molar-refractivity contribution is 7.89. The lowest BCUT2D eigenvalue weighted by molar-refractivity contribution is 0.252. The third-order valence-electron chi connectivity index (χ3n) is 3.23. The summed E-state index contributed by atoms with van der Waals surface area (Å²) in [4.78, 5) is 11.8. The number of aromatic nitrogens is 3. The lowest BCUT2D eigenvalue weighted by atomic mass is 10.1. The van der Waals surface area contributed by atoms with Gasteiger partial charge < -0.3 is 5.32 Å². The molecular weight excluding hydrogens is 332 g/mol. The molecule has 0 atom stereocenters. The van der Waals surface area contributed by atoms with Crippen LogP contribution in [-0.2, 0) is 16.4 Å². The number of sulfonamides is 1. The monoisotopic (exact) mass is 352 g/mol. The first-order chi connectivity index (χ1) is 11.3. The third-order valence-corrected chi connectivity index (χ3v) is 4.16. The number of urea groups is 1. The van der Waals surface area contributed by atoms with E-state index in [9.17, 15) is 13.2 Å². The predicted octanol–water partition coefficient (Wildman–Crippen LogP) is 0.871. The number of primary sulfonamides is 1. The molecule has 0 radical (unpaired) electrons. The largest absolute Gasteiger partial charge is 0.337 e. The first kappa shape index (κ1) is 17.9. The van der Waals surface area contributed by atoms with Crippen LogP contribution in [0.2, 0.25) is 0 Å². The van der Waals surface area contributed by atoms with Crippen molar-refractivity contribution in [3.8, 4) is 0 Å². The Morgan fingerprint density at radius 2 is 1.96 bits per heavy atom. The number of carbonyl (C=O) groups is 1. The summed E-state index contributed by atoms with van der Waals surface area (Å²) >= 11 is 0. The molecule has 0 fully saturated rings. The van der Waals surface area contributed by atoms with Crippen LogP contribution in [0.15, 0.2) is 35.4 Å². The minimum absolute atomic E-state index is 0.0604. The molecule has 1 aromatic heterocycles. The molecule has 2 aromatic rings. The molecule has 0 aliphatic heterocycles. The molecule has 2 rings (SSSR count). The molecule has 2 amide bonds. The maximum atomic E-state index is 11.8. The van der Waals surface area contributed by atoms with Crippen LogP contribution in [0, 0.1) is 0 Å². The number of hydrogen-bond acceptors (Lipinski definition) is 5. The maximum absolute atomic E-state index is 11.8. The van der Waals surface area contributed by atoms with Crippen molar-refractivity contribution in [2.24, 2.45) is 5.14 Å². The average molecular weight is 352 g/mol. The van der Waals surface area contributed by atoms with Crippen molar-refractivity contribution < 1.29 is 13.2 Å². The number of nitrogens with one attached hydrogen (secondary N) is 2. The van der Waals surface area contributed by atoms with E-state index in [1.165, 1.54) is 12.1 Å². The van der Waals surface area contributed by atoms with Gasteiger partial charge in [0.25, 0.3) is 0 Å². The first-order valence-electron chi connectivity index (χ1n) is 7.34. The highest BCUT2D eigenvalue weighted by Gasteiger charge is 2.08. The van der Waals surface area contributed by atoms with E-state index in [1.807, 2.05) is 13.8 Å². The number of nitrogens with two attached hydrogens (primary N) is 1. The summed E-state index contributed by atoms with van der Waals surface area (Å²) in [5.41, 5.74) is 0.883. The number of hydrogen-bond donors (Lipinski definition) is 3. The summed E-state index contributed by atoms with van der Waals surface area (Å²) in [7, 11) is -3.69. The smallest absolute Gasteiger partial charge is 0.320 e. The van der Waals surface area contributed by atoms with Crippen molar-refractivity contribution in [2.75, 3.05) is 11.9 Å². The molecule has 0 saturated carbocycles. The Morgan fingerprint density at radius 1 is 1.29 bits per heavy atom. The van der Waals surface area contributed by atoms with Gasteiger partial charge >= 0.3 is 6.03 Å². The molecule has 1 heterocycles. The highest BCUT2D eigenvalue weighted by atomic mass is 32.2. The van der Waals surface area contributed by atoms with Crippen molar-refractivity contribution in [1.29, 1.82) is 0 Å². The fourth-order valence-corrected chi connectivity index (χ4v) is 2.43. The minimum atomic E-state index is -3.69. The number of benzene rings is 1. The summed E-state index contributed by atoms with van der Waals surface area (Å²) < 4.78 is 24.0. The Hall–Kier alpha value is -2.46. The molecule has 10 heteroatoms. The van der Waals surface area contributed by atoms with Crippen LogP contribution in [0.3, 0.4) is 0 Å². The third kappa shape index (κ3) is 5.03. The van der Waals surface area contributed by atoms with E-state index in [2.05, 4.69) is 20.9 Å². The van der Waals surface area contributed by atoms with E-state index in [1.54, 1.807) is 23.0 Å². The maximum Gasteiger partial charge on any atom is 0.320 e. The van der Waals surface area contributed by atoms with Crippen LogP contribution in [0.5, 0.6) is 0 Å². The van der Waals surface area contributed by atoms with E-state index >= 15 is 0 Å². The molecule has 9 nitrogen and oxygen atoms in total. The van der Waals surface area contributed by atoms with Crippen molar-refractivity contribution in [3.63, 3.8) is 0 Å². The zero-order chi connectivity index (χ0) is 17.7. The van der Waals surface area contributed by atoms with Crippen LogP contribution < -0.4 is 15.8 Å². The van der Waals surface area contributed by atoms with Gasteiger partial charge in [0.15, 0.2) is 5.82 Å². The van der Waals surface area contributed by atoms with Crippen LogP contribution in [-0.4, -0.2) is 36.0 Å². The lowest BCUT2D eigenvalue weighted by Crippen LogP contribution is -2.30. The molecule has 24 heavy (non-hydrogen) atoms. The number of carbonyl (C=O) groups excluding carboxylic acids is 1. The summed E-state index contributed by atoms with van der Waals surface area (Å²) in [5, 5.41) is 18.1. The molecule has 0 aliphatic carbocycles. The molecular formula is C14H20N6O3S. The SMILES string of the molecule is CC(C)n1cc(NC(=O)NCCc2ccc(S(N)(=O)=O)cc2)nn1. The second-order valence-corrected chi connectivity index (χ2v) is 7.06. The van der Waals surface area contributed by atoms with Crippen molar-refractivity contribution in [3.05, 3.63) is 36.0 Å². The van der Waals surface area contributed by atoms with Crippen LogP contribution in [0.4, 0.5) is 10.6 Å². The van der Waals surface area contributed by atoms with Gasteiger partial charge in [0.2, 0.25) is 10.0 Å². The Labute approximate surface area is 140 Å². The molecule has 0 spiro atoms. The van der Waals surface area contributed by atoms with E-state index in [0.717, 1.165) is 5.56 Å². The van der Waals surface area contributed by atoms with Crippen molar-refractivity contribution in [1.82, 2.24) is 20.3 Å². The van der Waals surface area contributed by atoms with Gasteiger partial charge in [-0.1, -0.05) is 17.3 Å². The molecule has 130 valence electrons. The zero-order valence-electron chi connectivity index (χ0n) is 13.4. The number of amides is 2. The van der Waals surface area contributed by atoms with Gasteiger partial charge in [-0.25, -0.2) is 23.0 Å². The molecule has 0 aliphatic rings. The minimum Gasteiger partial charge on any atom is -0.337 e. The van der Waals surface area contributed by atoms with Crippen LogP contribution in [0.1, 0.15) is 25.5 Å². The predicted molar refractivity (Wildman–Crippen MR) is 88.9 cm³/mol. The standard InChI is InChI=1S/C14H20N6O3S/c1-10(2)20-9-13(18-19-20)17-14(21)16-8-7-11-3-5-12(6-4-11)24(15,22)23/h3-6,9-10H,7-8H2,1-2H3,(H2,15,22,23)(H2,16,17,21). The second kappa shape index (κ2) is 7.41. The number of rotatable bonds is 6. The second-order valence-electron chi connectivity index (χ2n) is 5.50. The van der Waals surface area contributed by atoms with Crippen molar-refractivity contribution >= 4 is 21.9 Å². The Bertz CT molecular complexity index is 798. The van der Waals surface area contributed by atoms with E-state index < -0.39 is 10.0 Å². The van der Waals surface area contributed by atoms with Crippen molar-refractivity contribution in [2.45, 2.75) is 31.2 Å². The first-order valence-corrected chi connectivity index (χ1v) is 8.89. The van der Waals surface area contributed by atoms with Crippen LogP contribution in [0.25, 0.3) is 0 Å². The van der Waals surface area contributed by atoms with Gasteiger partial charge in [0.05, 0.1) is 11.1 Å². The fourth-order valence-electron chi connectivity index (χ4n) is 1.91. The quantitative estimate of drug-likeness (QED) is 0.709. The molecule has 0 unspecified atom stereocenters. The molecule has 0 saturated heterocycles. The topological polar surface area (TPSA) is 132 Å². The number of nitrogens with zero attached hydrogens (tertiary/aromatic N) is 3. The van der Waals surface area contributed by atoms with Gasteiger partial charge in [-0.15, -0.1) is 5.10 Å². The summed E-state index contributed by atoms with van der Waals surface area (Å²) in [5.74, 6) is 0.374. The fraction of sp³-hybridized carbons (Fsp3) is 0.357. The summed E-state index contributed by atoms with van der Waals surface area (Å²) in [6.45, 7) is 4.30. The van der Waals surface area contributed by atoms with E-state index in [0.29, 0.717) is 18.8 Å². The normalized spacial score (nSPS) is 11.5. The van der Waals surface area contributed by atoms with E-state index in [-0.39, 0.29) is 17.0 Å². The Balaban J connectivity index is 1.79. The average Bonchev–Trinajstić information content (AvgIpc) is 2.95. The van der Waals surface area contributed by atoms with Gasteiger partial charge in [-0.05, 0) is 38.0 Å². The molecule has 1 aromatic carbocycles. The van der Waals surface area contributed by atoms with Crippen LogP contribution >= 0.6 is 0 Å². The van der Waals surface area contributed by atoms with Gasteiger partial charge in [-0.3, -0.25) is 5.32 Å². The highest BCUT2D eigenvalue weighted by Crippen LogP contribution is 2.09. The molecule has 0 bridgehead atoms. The number of anilines is 1. The summed E-state index contributed by atoms with van der Waals surface area (Å²) in [6, 6.07) is 5.98. The Kier molecular flexibility index (Phi) is 5.52. The van der Waals surface area contributed by atoms with Gasteiger partial charge in [-0.2, -0.15) is 0 Å². The molecule has 4 N–H and O–H groups in total. The van der Waals surface area contributed by atoms with Gasteiger partial charge in [0.1, 0.15) is 0 Å². The summed E-state index contributed by atoms with van der Waals surface area (Å²) in [6.07, 6.45) is 2.20. The van der Waals surface area contributed by atoms with Gasteiger partial charge in [0, 0.05) is 12.6 Å².